The first-order valence-electron chi connectivity index (χ1n) is 6.97. The molecule has 2 rings (SSSR count). The van der Waals surface area contributed by atoms with Crippen LogP contribution in [0.2, 0.25) is 0 Å². The van der Waals surface area contributed by atoms with Gasteiger partial charge in [-0.3, -0.25) is 4.57 Å². The molecule has 0 aliphatic heterocycles. The second-order valence-electron chi connectivity index (χ2n) is 4.75. The standard InChI is InChI=1S/C17H17N2O3P/c1-14(13-17(20)22-2)18-19-23(21,15-9-5-3-6-10-15)16-11-7-4-8-12-16/h3-13H,1-2H3. The van der Waals surface area contributed by atoms with Gasteiger partial charge in [0.25, 0.3) is 7.29 Å². The van der Waals surface area contributed by atoms with Crippen LogP contribution < -0.4 is 10.6 Å². The average molecular weight is 328 g/mol. The van der Waals surface area contributed by atoms with Gasteiger partial charge in [0.05, 0.1) is 12.8 Å². The number of methoxy groups -OCH3 is 1. The minimum Gasteiger partial charge on any atom is -0.466 e. The number of carbonyl (C=O) groups excluding carboxylic acids is 1. The van der Waals surface area contributed by atoms with E-state index in [4.69, 9.17) is 0 Å². The molecule has 0 aromatic heterocycles. The molecule has 0 aliphatic carbocycles. The minimum atomic E-state index is -3.26. The number of esters is 1. The van der Waals surface area contributed by atoms with Crippen molar-refractivity contribution in [3.8, 4) is 0 Å². The SMILES string of the molecule is COC(=O)C=C(C)N=NP(=O)(c1ccccc1)c1ccccc1. The Bertz CT molecular complexity index is 727. The first kappa shape index (κ1) is 16.8. The predicted octanol–water partition coefficient (Wildman–Crippen LogP) is 3.44. The van der Waals surface area contributed by atoms with Crippen molar-refractivity contribution in [3.63, 3.8) is 0 Å². The molecule has 23 heavy (non-hydrogen) atoms. The van der Waals surface area contributed by atoms with Crippen LogP contribution in [0.5, 0.6) is 0 Å². The molecule has 2 aromatic carbocycles. The summed E-state index contributed by atoms with van der Waals surface area (Å²) >= 11 is 0. The fourth-order valence-electron chi connectivity index (χ4n) is 1.90. The zero-order valence-electron chi connectivity index (χ0n) is 12.9. The molecule has 0 amide bonds. The molecule has 0 fully saturated rings. The molecule has 0 spiro atoms. The normalized spacial score (nSPS) is 12.3. The van der Waals surface area contributed by atoms with Gasteiger partial charge in [-0.2, -0.15) is 5.11 Å². The van der Waals surface area contributed by atoms with Crippen molar-refractivity contribution in [3.05, 3.63) is 72.4 Å². The van der Waals surface area contributed by atoms with E-state index in [1.807, 2.05) is 12.1 Å². The van der Waals surface area contributed by atoms with E-state index in [0.29, 0.717) is 16.3 Å². The summed E-state index contributed by atoms with van der Waals surface area (Å²) in [5, 5.41) is 5.13. The van der Waals surface area contributed by atoms with Gasteiger partial charge in [0.15, 0.2) is 0 Å². The smallest absolute Gasteiger partial charge is 0.332 e. The van der Waals surface area contributed by atoms with Gasteiger partial charge < -0.3 is 4.74 Å². The largest absolute Gasteiger partial charge is 0.466 e. The number of hydrogen-bond acceptors (Lipinski definition) is 4. The summed E-state index contributed by atoms with van der Waals surface area (Å²) < 4.78 is 18.0. The van der Waals surface area contributed by atoms with E-state index in [9.17, 15) is 9.36 Å². The monoisotopic (exact) mass is 328 g/mol. The van der Waals surface area contributed by atoms with E-state index in [2.05, 4.69) is 14.7 Å². The molecule has 0 N–H and O–H groups in total. The quantitative estimate of drug-likeness (QED) is 0.365. The summed E-state index contributed by atoms with van der Waals surface area (Å²) in [6.45, 7) is 1.60. The van der Waals surface area contributed by atoms with Gasteiger partial charge in [-0.05, 0) is 31.2 Å². The number of carbonyl (C=O) groups is 1. The van der Waals surface area contributed by atoms with Gasteiger partial charge in [-0.15, -0.1) is 4.88 Å². The molecule has 5 nitrogen and oxygen atoms in total. The van der Waals surface area contributed by atoms with Crippen LogP contribution in [0, 0.1) is 0 Å². The molecular formula is C17H17N2O3P. The molecule has 6 heteroatoms. The molecule has 0 radical (unpaired) electrons. The van der Waals surface area contributed by atoms with E-state index in [1.54, 1.807) is 55.5 Å². The highest BCUT2D eigenvalue weighted by Gasteiger charge is 2.26. The van der Waals surface area contributed by atoms with Crippen LogP contribution in [-0.4, -0.2) is 13.1 Å². The van der Waals surface area contributed by atoms with Crippen molar-refractivity contribution < 1.29 is 14.1 Å². The lowest BCUT2D eigenvalue weighted by atomic mass is 10.4. The number of nitrogens with zero attached hydrogens (tertiary/aromatic N) is 2. The highest BCUT2D eigenvalue weighted by molar-refractivity contribution is 7.77. The Labute approximate surface area is 135 Å². The summed E-state index contributed by atoms with van der Waals surface area (Å²) in [6, 6.07) is 17.9. The highest BCUT2D eigenvalue weighted by atomic mass is 31.2. The fourth-order valence-corrected chi connectivity index (χ4v) is 3.83. The second kappa shape index (κ2) is 7.65. The Hall–Kier alpha value is -2.52. The lowest BCUT2D eigenvalue weighted by Gasteiger charge is -2.12. The third-order valence-electron chi connectivity index (χ3n) is 3.07. The zero-order chi connectivity index (χ0) is 16.7. The molecule has 0 aliphatic rings. The number of ether oxygens (including phenoxy) is 1. The Balaban J connectivity index is 2.46. The number of benzene rings is 2. The van der Waals surface area contributed by atoms with Crippen molar-refractivity contribution in [1.82, 2.24) is 0 Å². The number of rotatable bonds is 5. The van der Waals surface area contributed by atoms with E-state index < -0.39 is 13.3 Å². The Morgan fingerprint density at radius 2 is 1.48 bits per heavy atom. The van der Waals surface area contributed by atoms with E-state index in [1.165, 1.54) is 13.2 Å². The molecule has 0 heterocycles. The molecule has 0 unspecified atom stereocenters. The summed E-state index contributed by atoms with van der Waals surface area (Å²) in [7, 11) is -1.98. The summed E-state index contributed by atoms with van der Waals surface area (Å²) in [5.74, 6) is -0.532. The highest BCUT2D eigenvalue weighted by Crippen LogP contribution is 2.45. The molecule has 0 atom stereocenters. The molecule has 0 bridgehead atoms. The van der Waals surface area contributed by atoms with Crippen LogP contribution in [0.1, 0.15) is 6.92 Å². The van der Waals surface area contributed by atoms with Crippen LogP contribution in [-0.2, 0) is 14.1 Å². The fraction of sp³-hybridized carbons (Fsp3) is 0.118. The minimum absolute atomic E-state index is 0.323. The lowest BCUT2D eigenvalue weighted by Crippen LogP contribution is -2.13. The summed E-state index contributed by atoms with van der Waals surface area (Å²) in [6.07, 6.45) is 1.20. The second-order valence-corrected chi connectivity index (χ2v) is 7.11. The topological polar surface area (TPSA) is 68.1 Å². The van der Waals surface area contributed by atoms with Gasteiger partial charge >= 0.3 is 5.97 Å². The average Bonchev–Trinajstić information content (AvgIpc) is 2.61. The van der Waals surface area contributed by atoms with E-state index >= 15 is 0 Å². The van der Waals surface area contributed by atoms with Gasteiger partial charge in [0, 0.05) is 16.7 Å². The van der Waals surface area contributed by atoms with Gasteiger partial charge in [-0.1, -0.05) is 36.4 Å². The Morgan fingerprint density at radius 3 is 1.91 bits per heavy atom. The Morgan fingerprint density at radius 1 is 1.00 bits per heavy atom. The van der Waals surface area contributed by atoms with Crippen LogP contribution in [0.15, 0.2) is 82.4 Å². The van der Waals surface area contributed by atoms with Crippen molar-refractivity contribution in [2.45, 2.75) is 6.92 Å². The molecule has 2 aromatic rings. The van der Waals surface area contributed by atoms with Crippen LogP contribution in [0.3, 0.4) is 0 Å². The van der Waals surface area contributed by atoms with E-state index in [-0.39, 0.29) is 0 Å². The summed E-state index contributed by atoms with van der Waals surface area (Å²) in [5.41, 5.74) is 0.323. The van der Waals surface area contributed by atoms with Crippen molar-refractivity contribution in [2.24, 2.45) is 10.00 Å². The maximum Gasteiger partial charge on any atom is 0.332 e. The first-order chi connectivity index (χ1) is 11.1. The number of allylic oxidation sites excluding steroid dienone is 1. The number of hydrogen-bond donors (Lipinski definition) is 0. The first-order valence-corrected chi connectivity index (χ1v) is 8.63. The van der Waals surface area contributed by atoms with Crippen molar-refractivity contribution in [1.29, 1.82) is 0 Å². The van der Waals surface area contributed by atoms with Crippen molar-refractivity contribution in [2.75, 3.05) is 7.11 Å². The molecule has 0 saturated heterocycles. The summed E-state index contributed by atoms with van der Waals surface area (Å²) in [4.78, 5) is 15.3. The van der Waals surface area contributed by atoms with Crippen molar-refractivity contribution >= 4 is 23.9 Å². The van der Waals surface area contributed by atoms with Crippen LogP contribution in [0.4, 0.5) is 0 Å². The predicted molar refractivity (Wildman–Crippen MR) is 90.4 cm³/mol. The van der Waals surface area contributed by atoms with E-state index in [0.717, 1.165) is 0 Å². The van der Waals surface area contributed by atoms with Crippen LogP contribution >= 0.6 is 7.29 Å². The lowest BCUT2D eigenvalue weighted by molar-refractivity contribution is -0.134. The maximum atomic E-state index is 13.5. The Kier molecular flexibility index (Phi) is 5.61. The maximum absolute atomic E-state index is 13.5. The molecule has 118 valence electrons. The zero-order valence-corrected chi connectivity index (χ0v) is 13.8. The molecular weight excluding hydrogens is 311 g/mol. The molecule has 0 saturated carbocycles. The van der Waals surface area contributed by atoms with Gasteiger partial charge in [-0.25, -0.2) is 4.79 Å². The third-order valence-corrected chi connectivity index (χ3v) is 5.41. The van der Waals surface area contributed by atoms with Crippen LogP contribution in [0.25, 0.3) is 0 Å². The third kappa shape index (κ3) is 4.24. The van der Waals surface area contributed by atoms with Gasteiger partial charge in [0.2, 0.25) is 0 Å². The van der Waals surface area contributed by atoms with Gasteiger partial charge in [0.1, 0.15) is 0 Å².